The molecule has 0 saturated carbocycles. The molecule has 2 aromatic heterocycles. The first-order valence-electron chi connectivity index (χ1n) is 11.8. The van der Waals surface area contributed by atoms with Crippen LogP contribution < -0.4 is 10.6 Å². The summed E-state index contributed by atoms with van der Waals surface area (Å²) in [6.07, 6.45) is 11.4. The number of nitrogens with two attached hydrogens (primary N) is 1. The van der Waals surface area contributed by atoms with Crippen molar-refractivity contribution in [3.05, 3.63) is 120 Å². The van der Waals surface area contributed by atoms with Gasteiger partial charge in [0.25, 0.3) is 0 Å². The minimum atomic E-state index is 0.580. The van der Waals surface area contributed by atoms with Gasteiger partial charge in [0.05, 0.1) is 34.3 Å². The number of allylic oxidation sites excluding steroid dienone is 8. The Morgan fingerprint density at radius 1 is 1.11 bits per heavy atom. The molecule has 0 saturated heterocycles. The second-order valence-electron chi connectivity index (χ2n) is 8.68. The van der Waals surface area contributed by atoms with Crippen LogP contribution >= 0.6 is 0 Å². The maximum atomic E-state index is 9.48. The molecule has 2 aromatic carbocycles. The third-order valence-corrected chi connectivity index (χ3v) is 6.29. The summed E-state index contributed by atoms with van der Waals surface area (Å²) in [6, 6.07) is 22.2. The molecular weight excluding hydrogens is 456 g/mol. The second kappa shape index (κ2) is 9.73. The van der Waals surface area contributed by atoms with Gasteiger partial charge in [-0.3, -0.25) is 4.90 Å². The largest absolute Gasteiger partial charge is 0.405 e. The van der Waals surface area contributed by atoms with E-state index in [1.807, 2.05) is 48.6 Å². The van der Waals surface area contributed by atoms with Gasteiger partial charge in [0.15, 0.2) is 0 Å². The van der Waals surface area contributed by atoms with Crippen LogP contribution in [0, 0.1) is 22.7 Å². The first-order valence-corrected chi connectivity index (χ1v) is 11.8. The zero-order valence-electron chi connectivity index (χ0n) is 20.4. The molecule has 0 atom stereocenters. The van der Waals surface area contributed by atoms with Crippen molar-refractivity contribution in [2.75, 3.05) is 4.90 Å². The number of anilines is 2. The minimum Gasteiger partial charge on any atom is -0.405 e. The van der Waals surface area contributed by atoms with Crippen molar-refractivity contribution in [3.63, 3.8) is 0 Å². The Bertz CT molecular complexity index is 1770. The van der Waals surface area contributed by atoms with Gasteiger partial charge in [-0.25, -0.2) is 4.98 Å². The van der Waals surface area contributed by atoms with Crippen LogP contribution in [0.5, 0.6) is 0 Å². The highest BCUT2D eigenvalue weighted by Gasteiger charge is 2.29. The Hall–Kier alpha value is -5.33. The maximum absolute atomic E-state index is 9.48. The van der Waals surface area contributed by atoms with Gasteiger partial charge >= 0.3 is 0 Å². The Labute approximate surface area is 215 Å². The van der Waals surface area contributed by atoms with E-state index in [0.717, 1.165) is 50.4 Å². The topological polar surface area (TPSA) is 94.7 Å². The number of hydrogen-bond donors (Lipinski definition) is 1. The molecule has 0 fully saturated rings. The Morgan fingerprint density at radius 2 is 1.95 bits per heavy atom. The number of pyridine rings is 1. The molecule has 3 heterocycles. The number of aromatic nitrogens is 2. The van der Waals surface area contributed by atoms with Gasteiger partial charge in [0, 0.05) is 40.0 Å². The maximum Gasteiger partial charge on any atom is 0.141 e. The van der Waals surface area contributed by atoms with E-state index in [9.17, 15) is 10.5 Å². The highest BCUT2D eigenvalue weighted by atomic mass is 15.2. The van der Waals surface area contributed by atoms with E-state index in [4.69, 9.17) is 10.7 Å². The van der Waals surface area contributed by atoms with Crippen LogP contribution in [0.1, 0.15) is 18.1 Å². The van der Waals surface area contributed by atoms with E-state index in [1.165, 1.54) is 6.20 Å². The molecule has 0 bridgehead atoms. The van der Waals surface area contributed by atoms with Gasteiger partial charge in [-0.1, -0.05) is 36.9 Å². The summed E-state index contributed by atoms with van der Waals surface area (Å²) < 4.78 is 2.13. The summed E-state index contributed by atoms with van der Waals surface area (Å²) in [5.41, 5.74) is 13.4. The summed E-state index contributed by atoms with van der Waals surface area (Å²) in [5.74, 6) is 0.820. The summed E-state index contributed by atoms with van der Waals surface area (Å²) in [7, 11) is 0. The lowest BCUT2D eigenvalue weighted by atomic mass is 10.1. The van der Waals surface area contributed by atoms with E-state index in [1.54, 1.807) is 25.1 Å². The number of nitrogens with zero attached hydrogens (tertiary/aromatic N) is 5. The van der Waals surface area contributed by atoms with Crippen molar-refractivity contribution in [2.24, 2.45) is 5.73 Å². The van der Waals surface area contributed by atoms with E-state index in [0.29, 0.717) is 17.6 Å². The van der Waals surface area contributed by atoms with E-state index < -0.39 is 0 Å². The zero-order chi connectivity index (χ0) is 25.9. The van der Waals surface area contributed by atoms with Gasteiger partial charge < -0.3 is 10.3 Å². The lowest BCUT2D eigenvalue weighted by molar-refractivity contribution is 1.13. The molecule has 178 valence electrons. The number of rotatable bonds is 5. The van der Waals surface area contributed by atoms with Crippen LogP contribution in [0.3, 0.4) is 0 Å². The Kier molecular flexibility index (Phi) is 6.16. The molecule has 5 rings (SSSR count). The summed E-state index contributed by atoms with van der Waals surface area (Å²) in [5, 5.41) is 19.9. The number of nitriles is 2. The van der Waals surface area contributed by atoms with Crippen LogP contribution in [0.25, 0.3) is 27.6 Å². The summed E-state index contributed by atoms with van der Waals surface area (Å²) in [4.78, 5) is 7.29. The molecule has 2 N–H and O–H groups in total. The number of benzene rings is 2. The lowest BCUT2D eigenvalue weighted by Crippen LogP contribution is -2.13. The zero-order valence-corrected chi connectivity index (χ0v) is 20.4. The predicted octanol–water partition coefficient (Wildman–Crippen LogP) is 6.61. The molecule has 4 aromatic rings. The third kappa shape index (κ3) is 4.07. The first-order chi connectivity index (χ1) is 18.1. The van der Waals surface area contributed by atoms with Crippen molar-refractivity contribution in [1.82, 2.24) is 9.55 Å². The monoisotopic (exact) mass is 480 g/mol. The molecule has 0 aliphatic carbocycles. The summed E-state index contributed by atoms with van der Waals surface area (Å²) >= 11 is 0. The van der Waals surface area contributed by atoms with Crippen LogP contribution in [-0.2, 0) is 6.42 Å². The van der Waals surface area contributed by atoms with Crippen molar-refractivity contribution >= 4 is 39.1 Å². The van der Waals surface area contributed by atoms with Crippen LogP contribution in [0.2, 0.25) is 0 Å². The molecule has 1 aliphatic rings. The fourth-order valence-corrected chi connectivity index (χ4v) is 4.78. The first kappa shape index (κ1) is 23.4. The normalized spacial score (nSPS) is 14.9. The van der Waals surface area contributed by atoms with Gasteiger partial charge in [-0.05, 0) is 67.8 Å². The van der Waals surface area contributed by atoms with Crippen LogP contribution in [-0.4, -0.2) is 9.55 Å². The average molecular weight is 481 g/mol. The molecule has 6 heteroatoms. The van der Waals surface area contributed by atoms with Crippen molar-refractivity contribution in [1.29, 1.82) is 10.5 Å². The van der Waals surface area contributed by atoms with Crippen LogP contribution in [0.15, 0.2) is 109 Å². The minimum absolute atomic E-state index is 0.580. The Balaban J connectivity index is 1.82. The highest BCUT2D eigenvalue weighted by molar-refractivity contribution is 6.09. The molecule has 0 radical (unpaired) electrons. The molecule has 37 heavy (non-hydrogen) atoms. The van der Waals surface area contributed by atoms with Crippen molar-refractivity contribution in [2.45, 2.75) is 13.3 Å². The molecule has 6 nitrogen and oxygen atoms in total. The lowest BCUT2D eigenvalue weighted by Gasteiger charge is -2.21. The third-order valence-electron chi connectivity index (χ3n) is 6.29. The van der Waals surface area contributed by atoms with Gasteiger partial charge in [0.1, 0.15) is 5.82 Å². The van der Waals surface area contributed by atoms with Crippen molar-refractivity contribution < 1.29 is 0 Å². The standard InChI is InChI=1S/C31H24N6/c1-3-8-24(15-21(2)19-33)37-28-13-5-4-12-27(28)30-29(37)18-23-17-26(11-7-14-32)36(31(23)35-30)25-10-6-9-22(16-25)20-34/h3-16,18H,1,17,32H2,2H3/b14-7-,21-15+,24-8+,26-11+. The van der Waals surface area contributed by atoms with Crippen LogP contribution in [0.4, 0.5) is 11.5 Å². The molecule has 1 aliphatic heterocycles. The van der Waals surface area contributed by atoms with Crippen molar-refractivity contribution in [3.8, 4) is 12.1 Å². The smallest absolute Gasteiger partial charge is 0.141 e. The SMILES string of the molecule is C=C/C=C(\C=C(/C)C#N)n1c2ccccc2c2nc3c(cc21)C/C(=C\C=C/N)N3c1cccc(C#N)c1. The van der Waals surface area contributed by atoms with Gasteiger partial charge in [0.2, 0.25) is 0 Å². The fourth-order valence-electron chi connectivity index (χ4n) is 4.78. The quantitative estimate of drug-likeness (QED) is 0.256. The Morgan fingerprint density at radius 3 is 2.70 bits per heavy atom. The molecule has 0 unspecified atom stereocenters. The number of para-hydroxylation sites is 1. The van der Waals surface area contributed by atoms with E-state index in [2.05, 4.69) is 46.4 Å². The number of fused-ring (bicyclic) bond motifs is 4. The summed E-state index contributed by atoms with van der Waals surface area (Å²) in [6.45, 7) is 5.67. The molecule has 0 amide bonds. The van der Waals surface area contributed by atoms with E-state index in [-0.39, 0.29) is 0 Å². The predicted molar refractivity (Wildman–Crippen MR) is 149 cm³/mol. The second-order valence-corrected chi connectivity index (χ2v) is 8.68. The van der Waals surface area contributed by atoms with Gasteiger partial charge in [-0.2, -0.15) is 10.5 Å². The number of hydrogen-bond acceptors (Lipinski definition) is 5. The molecule has 0 spiro atoms. The average Bonchev–Trinajstić information content (AvgIpc) is 3.44. The molecular formula is C31H24N6. The van der Waals surface area contributed by atoms with E-state index >= 15 is 0 Å². The van der Waals surface area contributed by atoms with Gasteiger partial charge in [-0.15, -0.1) is 0 Å². The highest BCUT2D eigenvalue weighted by Crippen LogP contribution is 2.43. The fraction of sp³-hybridized carbons (Fsp3) is 0.0645.